The van der Waals surface area contributed by atoms with Gasteiger partial charge in [0.25, 0.3) is 0 Å². The fourth-order valence-electron chi connectivity index (χ4n) is 1.55. The molecule has 0 saturated heterocycles. The highest BCUT2D eigenvalue weighted by molar-refractivity contribution is 7.99. The maximum absolute atomic E-state index is 11.6. The lowest BCUT2D eigenvalue weighted by Crippen LogP contribution is -2.50. The number of thioether (sulfide) groups is 1. The summed E-state index contributed by atoms with van der Waals surface area (Å²) in [6, 6.07) is 10.1. The summed E-state index contributed by atoms with van der Waals surface area (Å²) in [6.07, 6.45) is 0. The molecule has 0 radical (unpaired) electrons. The summed E-state index contributed by atoms with van der Waals surface area (Å²) in [5.41, 5.74) is 6.44. The van der Waals surface area contributed by atoms with Crippen molar-refractivity contribution in [3.63, 3.8) is 0 Å². The quantitative estimate of drug-likeness (QED) is 0.520. The van der Waals surface area contributed by atoms with Crippen molar-refractivity contribution in [1.29, 1.82) is 0 Å². The van der Waals surface area contributed by atoms with E-state index >= 15 is 0 Å². The monoisotopic (exact) mass is 327 g/mol. The third-order valence-electron chi connectivity index (χ3n) is 2.45. The van der Waals surface area contributed by atoms with Gasteiger partial charge in [-0.25, -0.2) is 0 Å². The summed E-state index contributed by atoms with van der Waals surface area (Å²) in [6.45, 7) is 2.48. The third-order valence-corrected chi connectivity index (χ3v) is 3.68. The number of nitrogens with one attached hydrogen (secondary N) is 3. The zero-order chi connectivity index (χ0) is 15.5. The van der Waals surface area contributed by atoms with Crippen LogP contribution in [-0.2, 0) is 15.3 Å². The lowest BCUT2D eigenvalue weighted by Gasteiger charge is -2.16. The van der Waals surface area contributed by atoms with E-state index in [1.165, 1.54) is 5.56 Å². The SMILES string of the molecule is COC[C@H](C)NC(=S)NNC(=O)CSCc1ccccc1. The minimum absolute atomic E-state index is 0.0827. The average Bonchev–Trinajstić information content (AvgIpc) is 2.46. The molecule has 0 heterocycles. The Kier molecular flexibility index (Phi) is 8.80. The number of carbonyl (C=O) groups excluding carboxylic acids is 1. The summed E-state index contributed by atoms with van der Waals surface area (Å²) >= 11 is 6.61. The van der Waals surface area contributed by atoms with Crippen LogP contribution in [0.1, 0.15) is 12.5 Å². The van der Waals surface area contributed by atoms with Gasteiger partial charge < -0.3 is 10.1 Å². The van der Waals surface area contributed by atoms with Crippen molar-refractivity contribution in [3.05, 3.63) is 35.9 Å². The molecule has 1 aromatic rings. The minimum atomic E-state index is -0.112. The number of hydrogen-bond donors (Lipinski definition) is 3. The number of hydrogen-bond acceptors (Lipinski definition) is 4. The number of amides is 1. The summed E-state index contributed by atoms with van der Waals surface area (Å²) < 4.78 is 4.98. The Labute approximate surface area is 135 Å². The number of methoxy groups -OCH3 is 1. The first-order valence-corrected chi connectivity index (χ1v) is 8.14. The molecule has 21 heavy (non-hydrogen) atoms. The molecule has 0 bridgehead atoms. The molecule has 7 heteroatoms. The summed E-state index contributed by atoms with van der Waals surface area (Å²) in [5, 5.41) is 3.37. The van der Waals surface area contributed by atoms with Gasteiger partial charge in [-0.2, -0.15) is 0 Å². The lowest BCUT2D eigenvalue weighted by atomic mass is 10.2. The predicted molar refractivity (Wildman–Crippen MR) is 91.0 cm³/mol. The van der Waals surface area contributed by atoms with Crippen molar-refractivity contribution < 1.29 is 9.53 Å². The van der Waals surface area contributed by atoms with Crippen molar-refractivity contribution >= 4 is 35.0 Å². The van der Waals surface area contributed by atoms with Crippen LogP contribution in [0.15, 0.2) is 30.3 Å². The Hall–Kier alpha value is -1.31. The maximum Gasteiger partial charge on any atom is 0.248 e. The van der Waals surface area contributed by atoms with Crippen molar-refractivity contribution in [1.82, 2.24) is 16.2 Å². The number of benzene rings is 1. The highest BCUT2D eigenvalue weighted by Crippen LogP contribution is 2.10. The van der Waals surface area contributed by atoms with Gasteiger partial charge in [-0.15, -0.1) is 11.8 Å². The van der Waals surface area contributed by atoms with Crippen LogP contribution in [0, 0.1) is 0 Å². The molecule has 0 spiro atoms. The molecule has 1 rings (SSSR count). The van der Waals surface area contributed by atoms with Gasteiger partial charge in [-0.05, 0) is 24.7 Å². The minimum Gasteiger partial charge on any atom is -0.383 e. The molecule has 3 N–H and O–H groups in total. The molecular weight excluding hydrogens is 306 g/mol. The van der Waals surface area contributed by atoms with Crippen LogP contribution in [0.4, 0.5) is 0 Å². The highest BCUT2D eigenvalue weighted by atomic mass is 32.2. The highest BCUT2D eigenvalue weighted by Gasteiger charge is 2.05. The molecular formula is C14H21N3O2S2. The van der Waals surface area contributed by atoms with E-state index in [4.69, 9.17) is 17.0 Å². The Bertz CT molecular complexity index is 443. The molecule has 5 nitrogen and oxygen atoms in total. The predicted octanol–water partition coefficient (Wildman–Crippen LogP) is 1.45. The van der Waals surface area contributed by atoms with E-state index in [0.717, 1.165) is 5.75 Å². The van der Waals surface area contributed by atoms with Crippen LogP contribution in [-0.4, -0.2) is 36.5 Å². The van der Waals surface area contributed by atoms with E-state index in [-0.39, 0.29) is 11.9 Å². The van der Waals surface area contributed by atoms with Gasteiger partial charge in [-0.1, -0.05) is 30.3 Å². The Morgan fingerprint density at radius 2 is 2.05 bits per heavy atom. The number of thiocarbonyl (C=S) groups is 1. The molecule has 1 aromatic carbocycles. The van der Waals surface area contributed by atoms with Gasteiger partial charge in [0, 0.05) is 18.9 Å². The second-order valence-electron chi connectivity index (χ2n) is 4.48. The van der Waals surface area contributed by atoms with Crippen LogP contribution in [0.3, 0.4) is 0 Å². The van der Waals surface area contributed by atoms with Gasteiger partial charge in [0.15, 0.2) is 5.11 Å². The van der Waals surface area contributed by atoms with Crippen molar-refractivity contribution in [2.75, 3.05) is 19.5 Å². The van der Waals surface area contributed by atoms with Crippen molar-refractivity contribution in [3.8, 4) is 0 Å². The molecule has 0 aliphatic heterocycles. The first-order valence-electron chi connectivity index (χ1n) is 6.57. The molecule has 0 saturated carbocycles. The number of hydrazine groups is 1. The van der Waals surface area contributed by atoms with Crippen LogP contribution < -0.4 is 16.2 Å². The first-order chi connectivity index (χ1) is 10.1. The topological polar surface area (TPSA) is 62.4 Å². The Morgan fingerprint density at radius 3 is 2.71 bits per heavy atom. The van der Waals surface area contributed by atoms with E-state index in [0.29, 0.717) is 17.5 Å². The molecule has 0 fully saturated rings. The van der Waals surface area contributed by atoms with Crippen LogP contribution in [0.25, 0.3) is 0 Å². The fraction of sp³-hybridized carbons (Fsp3) is 0.429. The Balaban J connectivity index is 2.12. The third kappa shape index (κ3) is 8.54. The molecule has 116 valence electrons. The zero-order valence-electron chi connectivity index (χ0n) is 12.2. The second-order valence-corrected chi connectivity index (χ2v) is 5.88. The summed E-state index contributed by atoms with van der Waals surface area (Å²) in [4.78, 5) is 11.6. The molecule has 0 aliphatic rings. The first kappa shape index (κ1) is 17.7. The largest absolute Gasteiger partial charge is 0.383 e. The number of carbonyl (C=O) groups is 1. The number of rotatable bonds is 7. The Morgan fingerprint density at radius 1 is 1.33 bits per heavy atom. The molecule has 1 amide bonds. The van der Waals surface area contributed by atoms with Crippen molar-refractivity contribution in [2.45, 2.75) is 18.7 Å². The van der Waals surface area contributed by atoms with Crippen LogP contribution >= 0.6 is 24.0 Å². The van der Waals surface area contributed by atoms with Gasteiger partial charge in [0.1, 0.15) is 0 Å². The standard InChI is InChI=1S/C14H21N3O2S2/c1-11(8-19-2)15-14(20)17-16-13(18)10-21-9-12-6-4-3-5-7-12/h3-7,11H,8-10H2,1-2H3,(H,16,18)(H2,15,17,20)/t11-/m0/s1. The van der Waals surface area contributed by atoms with E-state index in [1.807, 2.05) is 37.3 Å². The summed E-state index contributed by atoms with van der Waals surface area (Å²) in [5.74, 6) is 1.07. The molecule has 1 atom stereocenters. The average molecular weight is 327 g/mol. The zero-order valence-corrected chi connectivity index (χ0v) is 13.9. The summed E-state index contributed by atoms with van der Waals surface area (Å²) in [7, 11) is 1.63. The molecule has 0 aromatic heterocycles. The van der Waals surface area contributed by atoms with Crippen LogP contribution in [0.5, 0.6) is 0 Å². The maximum atomic E-state index is 11.6. The van der Waals surface area contributed by atoms with Gasteiger partial charge >= 0.3 is 0 Å². The number of ether oxygens (including phenoxy) is 1. The van der Waals surface area contributed by atoms with E-state index in [2.05, 4.69) is 16.2 Å². The van der Waals surface area contributed by atoms with Crippen molar-refractivity contribution in [2.24, 2.45) is 0 Å². The smallest absolute Gasteiger partial charge is 0.248 e. The van der Waals surface area contributed by atoms with Gasteiger partial charge in [0.05, 0.1) is 12.4 Å². The van der Waals surface area contributed by atoms with Gasteiger partial charge in [0.2, 0.25) is 5.91 Å². The fourth-order valence-corrected chi connectivity index (χ4v) is 2.59. The van der Waals surface area contributed by atoms with Gasteiger partial charge in [-0.3, -0.25) is 15.6 Å². The normalized spacial score (nSPS) is 11.5. The molecule has 0 unspecified atom stereocenters. The van der Waals surface area contributed by atoms with Crippen LogP contribution in [0.2, 0.25) is 0 Å². The van der Waals surface area contributed by atoms with E-state index in [1.54, 1.807) is 18.9 Å². The second kappa shape index (κ2) is 10.4. The lowest BCUT2D eigenvalue weighted by molar-refractivity contribution is -0.119. The van der Waals surface area contributed by atoms with E-state index < -0.39 is 0 Å². The molecule has 0 aliphatic carbocycles. The van der Waals surface area contributed by atoms with E-state index in [9.17, 15) is 4.79 Å².